The summed E-state index contributed by atoms with van der Waals surface area (Å²) >= 11 is 0. The Balaban J connectivity index is 1.63. The van der Waals surface area contributed by atoms with Gasteiger partial charge in [0.1, 0.15) is 12.2 Å². The number of carbonyl (C=O) groups is 3. The third-order valence-electron chi connectivity index (χ3n) is 5.49. The minimum Gasteiger partial charge on any atom is -0.490 e. The van der Waals surface area contributed by atoms with Crippen LogP contribution < -0.4 is 25.5 Å². The van der Waals surface area contributed by atoms with E-state index in [1.807, 2.05) is 0 Å². The van der Waals surface area contributed by atoms with E-state index in [0.717, 1.165) is 18.2 Å². The summed E-state index contributed by atoms with van der Waals surface area (Å²) in [5, 5.41) is 8.69. The first-order valence-corrected chi connectivity index (χ1v) is 12.9. The molecular weight excluding hydrogens is 572 g/mol. The molecule has 0 unspecified atom stereocenters. The normalized spacial score (nSPS) is 11.1. The highest BCUT2D eigenvalue weighted by Crippen LogP contribution is 2.34. The summed E-state index contributed by atoms with van der Waals surface area (Å²) in [7, 11) is 0. The van der Waals surface area contributed by atoms with Crippen LogP contribution in [0.2, 0.25) is 0 Å². The number of amides is 3. The fraction of sp³-hybridized carbons (Fsp3) is 0.200. The average molecular weight is 601 g/mol. The topological polar surface area (TPSA) is 118 Å². The van der Waals surface area contributed by atoms with Crippen LogP contribution in [0, 0.1) is 5.82 Å². The predicted octanol–water partition coefficient (Wildman–Crippen LogP) is 5.47. The van der Waals surface area contributed by atoms with E-state index in [0.29, 0.717) is 34.7 Å². The zero-order valence-electron chi connectivity index (χ0n) is 23.0. The quantitative estimate of drug-likeness (QED) is 0.0791. The van der Waals surface area contributed by atoms with Gasteiger partial charge in [-0.2, -0.15) is 18.3 Å². The summed E-state index contributed by atoms with van der Waals surface area (Å²) in [4.78, 5) is 36.7. The molecule has 0 saturated carbocycles. The molecular formula is C30H28F4N4O5. The van der Waals surface area contributed by atoms with Crippen molar-refractivity contribution < 1.29 is 41.4 Å². The van der Waals surface area contributed by atoms with Crippen LogP contribution in [-0.4, -0.2) is 37.1 Å². The zero-order chi connectivity index (χ0) is 31.4. The number of hydrazone groups is 1. The highest BCUT2D eigenvalue weighted by Gasteiger charge is 2.30. The Morgan fingerprint density at radius 3 is 2.33 bits per heavy atom. The Bertz CT molecular complexity index is 1490. The fourth-order valence-electron chi connectivity index (χ4n) is 3.70. The van der Waals surface area contributed by atoms with Gasteiger partial charge < -0.3 is 20.1 Å². The summed E-state index contributed by atoms with van der Waals surface area (Å²) < 4.78 is 63.2. The van der Waals surface area contributed by atoms with Gasteiger partial charge in [-0.05, 0) is 73.5 Å². The summed E-state index contributed by atoms with van der Waals surface area (Å²) in [6.07, 6.45) is -2.03. The van der Waals surface area contributed by atoms with Crippen molar-refractivity contribution in [1.29, 1.82) is 0 Å². The van der Waals surface area contributed by atoms with Crippen LogP contribution in [0.1, 0.15) is 30.0 Å². The SMILES string of the molecule is C=CCc1cc(C=NNC(=O)CC(=O)Nc2cccc(C(F)(F)F)c2)cc(OCC)c1OCC(=O)Nc1ccc(F)cc1. The molecule has 0 bridgehead atoms. The summed E-state index contributed by atoms with van der Waals surface area (Å²) in [5.41, 5.74) is 2.62. The van der Waals surface area contributed by atoms with Crippen molar-refractivity contribution in [3.8, 4) is 11.5 Å². The Morgan fingerprint density at radius 1 is 0.930 bits per heavy atom. The highest BCUT2D eigenvalue weighted by molar-refractivity contribution is 6.03. The van der Waals surface area contributed by atoms with Crippen LogP contribution >= 0.6 is 0 Å². The molecule has 9 nitrogen and oxygen atoms in total. The number of allylic oxidation sites excluding steroid dienone is 1. The molecule has 3 aromatic carbocycles. The molecule has 0 heterocycles. The van der Waals surface area contributed by atoms with Gasteiger partial charge in [0.25, 0.3) is 5.91 Å². The lowest BCUT2D eigenvalue weighted by atomic mass is 10.1. The van der Waals surface area contributed by atoms with E-state index < -0.39 is 41.7 Å². The summed E-state index contributed by atoms with van der Waals surface area (Å²) in [5.74, 6) is -1.96. The van der Waals surface area contributed by atoms with Gasteiger partial charge in [-0.3, -0.25) is 14.4 Å². The molecule has 13 heteroatoms. The lowest BCUT2D eigenvalue weighted by Gasteiger charge is -2.16. The summed E-state index contributed by atoms with van der Waals surface area (Å²) in [6, 6.07) is 12.5. The monoisotopic (exact) mass is 600 g/mol. The Morgan fingerprint density at radius 2 is 1.65 bits per heavy atom. The van der Waals surface area contributed by atoms with E-state index in [1.165, 1.54) is 36.5 Å². The molecule has 3 rings (SSSR count). The van der Waals surface area contributed by atoms with Crippen LogP contribution in [0.4, 0.5) is 28.9 Å². The fourth-order valence-corrected chi connectivity index (χ4v) is 3.70. The lowest BCUT2D eigenvalue weighted by Crippen LogP contribution is -2.24. The molecule has 0 aliphatic rings. The molecule has 0 atom stereocenters. The minimum atomic E-state index is -4.58. The molecule has 3 aromatic rings. The average Bonchev–Trinajstić information content (AvgIpc) is 2.94. The van der Waals surface area contributed by atoms with E-state index in [1.54, 1.807) is 25.1 Å². The minimum absolute atomic E-state index is 0.107. The number of alkyl halides is 3. The van der Waals surface area contributed by atoms with Gasteiger partial charge in [-0.25, -0.2) is 9.82 Å². The van der Waals surface area contributed by atoms with Crippen LogP contribution in [0.25, 0.3) is 0 Å². The van der Waals surface area contributed by atoms with E-state index in [9.17, 15) is 31.9 Å². The van der Waals surface area contributed by atoms with Crippen molar-refractivity contribution >= 4 is 35.3 Å². The number of nitrogens with one attached hydrogen (secondary N) is 3. The van der Waals surface area contributed by atoms with E-state index in [4.69, 9.17) is 9.47 Å². The molecule has 0 fully saturated rings. The van der Waals surface area contributed by atoms with Crippen molar-refractivity contribution in [2.24, 2.45) is 5.10 Å². The molecule has 0 aliphatic heterocycles. The second kappa shape index (κ2) is 15.1. The maximum absolute atomic E-state index is 13.1. The number of anilines is 2. The van der Waals surface area contributed by atoms with Crippen molar-refractivity contribution in [3.05, 3.63) is 95.8 Å². The molecule has 43 heavy (non-hydrogen) atoms. The van der Waals surface area contributed by atoms with E-state index >= 15 is 0 Å². The number of carbonyl (C=O) groups excluding carboxylic acids is 3. The van der Waals surface area contributed by atoms with Crippen LogP contribution in [0.5, 0.6) is 11.5 Å². The van der Waals surface area contributed by atoms with Crippen LogP contribution in [0.3, 0.4) is 0 Å². The van der Waals surface area contributed by atoms with Crippen molar-refractivity contribution in [2.75, 3.05) is 23.8 Å². The van der Waals surface area contributed by atoms with Crippen molar-refractivity contribution in [2.45, 2.75) is 25.9 Å². The number of rotatable bonds is 13. The molecule has 0 aromatic heterocycles. The van der Waals surface area contributed by atoms with E-state index in [2.05, 4.69) is 27.7 Å². The molecule has 0 radical (unpaired) electrons. The van der Waals surface area contributed by atoms with Gasteiger partial charge in [0.2, 0.25) is 11.8 Å². The smallest absolute Gasteiger partial charge is 0.416 e. The van der Waals surface area contributed by atoms with Gasteiger partial charge in [-0.15, -0.1) is 6.58 Å². The first kappa shape index (κ1) is 32.3. The third kappa shape index (κ3) is 10.3. The number of halogens is 4. The second-order valence-electron chi connectivity index (χ2n) is 8.87. The predicted molar refractivity (Wildman–Crippen MR) is 152 cm³/mol. The Labute approximate surface area is 244 Å². The van der Waals surface area contributed by atoms with Gasteiger partial charge in [0.15, 0.2) is 18.1 Å². The third-order valence-corrected chi connectivity index (χ3v) is 5.49. The highest BCUT2D eigenvalue weighted by atomic mass is 19.4. The van der Waals surface area contributed by atoms with Gasteiger partial charge in [0, 0.05) is 16.9 Å². The van der Waals surface area contributed by atoms with Crippen LogP contribution in [0.15, 0.2) is 78.4 Å². The maximum Gasteiger partial charge on any atom is 0.416 e. The second-order valence-corrected chi connectivity index (χ2v) is 8.87. The van der Waals surface area contributed by atoms with Crippen molar-refractivity contribution in [3.63, 3.8) is 0 Å². The summed E-state index contributed by atoms with van der Waals surface area (Å²) in [6.45, 7) is 5.38. The first-order valence-electron chi connectivity index (χ1n) is 12.9. The van der Waals surface area contributed by atoms with Gasteiger partial charge in [-0.1, -0.05) is 12.1 Å². The van der Waals surface area contributed by atoms with Gasteiger partial charge in [0.05, 0.1) is 18.4 Å². The van der Waals surface area contributed by atoms with Crippen molar-refractivity contribution in [1.82, 2.24) is 5.43 Å². The van der Waals surface area contributed by atoms with Crippen LogP contribution in [-0.2, 0) is 27.0 Å². The number of nitrogens with zero attached hydrogens (tertiary/aromatic N) is 1. The molecule has 0 aliphatic carbocycles. The zero-order valence-corrected chi connectivity index (χ0v) is 23.0. The number of hydrogen-bond donors (Lipinski definition) is 3. The maximum atomic E-state index is 13.1. The number of benzene rings is 3. The Kier molecular flexibility index (Phi) is 11.4. The standard InChI is InChI=1S/C30H28F4N4O5/c1-3-6-20-13-19(14-25(42-4-2)29(20)43-18-28(41)36-23-11-9-22(31)10-12-23)17-35-38-27(40)16-26(39)37-24-8-5-7-21(15-24)30(32,33)34/h3,5,7-15,17H,1,4,6,16,18H2,2H3,(H,36,41)(H,37,39)(H,38,40). The number of hydrogen-bond acceptors (Lipinski definition) is 6. The molecule has 0 saturated heterocycles. The van der Waals surface area contributed by atoms with E-state index in [-0.39, 0.29) is 18.9 Å². The van der Waals surface area contributed by atoms with Gasteiger partial charge >= 0.3 is 6.18 Å². The molecule has 226 valence electrons. The first-order chi connectivity index (χ1) is 20.5. The molecule has 3 amide bonds. The molecule has 0 spiro atoms. The Hall–Kier alpha value is -5.20. The lowest BCUT2D eigenvalue weighted by molar-refractivity contribution is -0.137. The molecule has 3 N–H and O–H groups in total. The largest absolute Gasteiger partial charge is 0.490 e. The number of ether oxygens (including phenoxy) is 2.